The molecule has 1 atom stereocenters. The fourth-order valence-electron chi connectivity index (χ4n) is 3.18. The van der Waals surface area contributed by atoms with Crippen molar-refractivity contribution in [2.45, 2.75) is 12.3 Å². The lowest BCUT2D eigenvalue weighted by atomic mass is 9.89. The van der Waals surface area contributed by atoms with Gasteiger partial charge in [0.15, 0.2) is 0 Å². The number of amides is 1. The molecular weight excluding hydrogens is 313 g/mol. The Hall–Kier alpha value is -2.87. The minimum atomic E-state index is -0.655. The second-order valence-corrected chi connectivity index (χ2v) is 5.78. The molecule has 122 valence electrons. The predicted octanol–water partition coefficient (Wildman–Crippen LogP) is 1.81. The van der Waals surface area contributed by atoms with E-state index in [9.17, 15) is 9.18 Å². The Morgan fingerprint density at radius 1 is 1.33 bits per heavy atom. The zero-order valence-electron chi connectivity index (χ0n) is 12.6. The highest BCUT2D eigenvalue weighted by molar-refractivity contribution is 6.01. The maximum absolute atomic E-state index is 13.5. The summed E-state index contributed by atoms with van der Waals surface area (Å²) in [6.07, 6.45) is 3.53. The number of aromatic nitrogens is 2. The van der Waals surface area contributed by atoms with Crippen LogP contribution in [0.15, 0.2) is 35.6 Å². The molecule has 8 heteroatoms. The van der Waals surface area contributed by atoms with Gasteiger partial charge in [-0.1, -0.05) is 0 Å². The maximum Gasteiger partial charge on any atom is 0.277 e. The second kappa shape index (κ2) is 5.64. The summed E-state index contributed by atoms with van der Waals surface area (Å²) >= 11 is 0. The molecule has 3 heterocycles. The van der Waals surface area contributed by atoms with Gasteiger partial charge in [0.25, 0.3) is 5.91 Å². The molecular formula is C16H14FN5O2. The minimum absolute atomic E-state index is 0.145. The standard InChI is InChI=1S/C16H14FN5O2/c17-10-1-2-13-12(5-10)11-3-4-22(8-14(11)20-13)16-18-6-9(7-19-16)15(23)21-24/h1-2,5-7,11,24H,3-4,8H2,(H,21,23). The van der Waals surface area contributed by atoms with Crippen LogP contribution >= 0.6 is 0 Å². The Kier molecular flexibility index (Phi) is 3.46. The average molecular weight is 327 g/mol. The van der Waals surface area contributed by atoms with Gasteiger partial charge in [-0.3, -0.25) is 15.0 Å². The van der Waals surface area contributed by atoms with Crippen LogP contribution in [0.25, 0.3) is 0 Å². The van der Waals surface area contributed by atoms with E-state index in [4.69, 9.17) is 5.21 Å². The summed E-state index contributed by atoms with van der Waals surface area (Å²) in [7, 11) is 0. The first-order chi connectivity index (χ1) is 11.7. The number of fused-ring (bicyclic) bond motifs is 3. The molecule has 2 aliphatic rings. The van der Waals surface area contributed by atoms with Gasteiger partial charge in [-0.2, -0.15) is 0 Å². The largest absolute Gasteiger partial charge is 0.335 e. The SMILES string of the molecule is O=C(NO)c1cnc(N2CCC3C(=Nc4ccc(F)cc43)C2)nc1. The van der Waals surface area contributed by atoms with E-state index in [1.165, 1.54) is 18.5 Å². The summed E-state index contributed by atoms with van der Waals surface area (Å²) in [5.41, 5.74) is 4.47. The van der Waals surface area contributed by atoms with Gasteiger partial charge in [-0.05, 0) is 30.2 Å². The molecule has 2 N–H and O–H groups in total. The number of benzene rings is 1. The summed E-state index contributed by atoms with van der Waals surface area (Å²) in [4.78, 5) is 26.2. The fraction of sp³-hybridized carbons (Fsp3) is 0.250. The number of nitrogens with one attached hydrogen (secondary N) is 1. The van der Waals surface area contributed by atoms with Crippen LogP contribution < -0.4 is 10.4 Å². The monoisotopic (exact) mass is 327 g/mol. The van der Waals surface area contributed by atoms with Gasteiger partial charge < -0.3 is 4.90 Å². The summed E-state index contributed by atoms with van der Waals surface area (Å²) in [5, 5.41) is 8.61. The van der Waals surface area contributed by atoms with Crippen molar-refractivity contribution in [1.29, 1.82) is 0 Å². The molecule has 0 bridgehead atoms. The number of piperidine rings is 1. The molecule has 1 fully saturated rings. The number of rotatable bonds is 2. The molecule has 0 spiro atoms. The fourth-order valence-corrected chi connectivity index (χ4v) is 3.18. The van der Waals surface area contributed by atoms with Crippen LogP contribution in [0.1, 0.15) is 28.3 Å². The second-order valence-electron chi connectivity index (χ2n) is 5.78. The zero-order valence-corrected chi connectivity index (χ0v) is 12.6. The van der Waals surface area contributed by atoms with Gasteiger partial charge >= 0.3 is 0 Å². The molecule has 0 radical (unpaired) electrons. The smallest absolute Gasteiger partial charge is 0.277 e. The minimum Gasteiger partial charge on any atom is -0.335 e. The van der Waals surface area contributed by atoms with E-state index >= 15 is 0 Å². The number of halogens is 1. The zero-order chi connectivity index (χ0) is 16.7. The lowest BCUT2D eigenvalue weighted by molar-refractivity contribution is 0.0705. The third-order valence-electron chi connectivity index (χ3n) is 4.36. The highest BCUT2D eigenvalue weighted by atomic mass is 19.1. The Labute approximate surface area is 136 Å². The summed E-state index contributed by atoms with van der Waals surface area (Å²) in [6, 6.07) is 4.69. The molecule has 1 unspecified atom stereocenters. The molecule has 2 aliphatic heterocycles. The van der Waals surface area contributed by atoms with Crippen LogP contribution in [0.5, 0.6) is 0 Å². The van der Waals surface area contributed by atoms with Crippen molar-refractivity contribution in [3.05, 3.63) is 47.5 Å². The van der Waals surface area contributed by atoms with E-state index in [0.717, 1.165) is 23.4 Å². The summed E-state index contributed by atoms with van der Waals surface area (Å²) < 4.78 is 13.5. The van der Waals surface area contributed by atoms with Crippen LogP contribution in [-0.4, -0.2) is 39.9 Å². The number of carbonyl (C=O) groups is 1. The molecule has 1 saturated heterocycles. The highest BCUT2D eigenvalue weighted by Crippen LogP contribution is 2.40. The lowest BCUT2D eigenvalue weighted by Gasteiger charge is -2.31. The normalized spacial score (nSPS) is 18.7. The van der Waals surface area contributed by atoms with Crippen LogP contribution in [0, 0.1) is 5.82 Å². The van der Waals surface area contributed by atoms with Gasteiger partial charge in [-0.15, -0.1) is 0 Å². The van der Waals surface area contributed by atoms with Gasteiger partial charge in [0.2, 0.25) is 5.95 Å². The molecule has 4 rings (SSSR count). The maximum atomic E-state index is 13.5. The first kappa shape index (κ1) is 14.7. The van der Waals surface area contributed by atoms with Crippen LogP contribution in [-0.2, 0) is 0 Å². The molecule has 0 aliphatic carbocycles. The lowest BCUT2D eigenvalue weighted by Crippen LogP contribution is -2.39. The average Bonchev–Trinajstić information content (AvgIpc) is 2.98. The number of carbonyl (C=O) groups excluding carboxylic acids is 1. The Bertz CT molecular complexity index is 837. The molecule has 7 nitrogen and oxygen atoms in total. The quantitative estimate of drug-likeness (QED) is 0.648. The molecule has 1 amide bonds. The molecule has 0 saturated carbocycles. The van der Waals surface area contributed by atoms with Crippen LogP contribution in [0.4, 0.5) is 16.0 Å². The van der Waals surface area contributed by atoms with Crippen LogP contribution in [0.2, 0.25) is 0 Å². The van der Waals surface area contributed by atoms with Gasteiger partial charge in [-0.25, -0.2) is 19.8 Å². The predicted molar refractivity (Wildman–Crippen MR) is 84.4 cm³/mol. The molecule has 1 aromatic carbocycles. The highest BCUT2D eigenvalue weighted by Gasteiger charge is 2.33. The number of nitrogens with zero attached hydrogens (tertiary/aromatic N) is 4. The summed E-state index contributed by atoms with van der Waals surface area (Å²) in [6.45, 7) is 1.28. The number of hydrogen-bond acceptors (Lipinski definition) is 6. The van der Waals surface area contributed by atoms with Gasteiger partial charge in [0.05, 0.1) is 17.8 Å². The van der Waals surface area contributed by atoms with Gasteiger partial charge in [0.1, 0.15) is 5.82 Å². The van der Waals surface area contributed by atoms with Crippen molar-refractivity contribution in [2.24, 2.45) is 4.99 Å². The third-order valence-corrected chi connectivity index (χ3v) is 4.36. The van der Waals surface area contributed by atoms with E-state index in [1.54, 1.807) is 17.6 Å². The Balaban J connectivity index is 1.54. The summed E-state index contributed by atoms with van der Waals surface area (Å²) in [5.74, 6) is -0.259. The van der Waals surface area contributed by atoms with Crippen molar-refractivity contribution < 1.29 is 14.4 Å². The van der Waals surface area contributed by atoms with Crippen molar-refractivity contribution in [3.8, 4) is 0 Å². The number of aliphatic imine (C=N–C) groups is 1. The van der Waals surface area contributed by atoms with Gasteiger partial charge in [0, 0.05) is 30.6 Å². The third kappa shape index (κ3) is 2.41. The first-order valence-corrected chi connectivity index (χ1v) is 7.54. The van der Waals surface area contributed by atoms with E-state index in [-0.39, 0.29) is 17.3 Å². The van der Waals surface area contributed by atoms with Crippen molar-refractivity contribution >= 4 is 23.3 Å². The number of hydrogen-bond donors (Lipinski definition) is 2. The van der Waals surface area contributed by atoms with Crippen molar-refractivity contribution in [3.63, 3.8) is 0 Å². The van der Waals surface area contributed by atoms with E-state index < -0.39 is 5.91 Å². The van der Waals surface area contributed by atoms with E-state index in [1.807, 2.05) is 4.90 Å². The topological polar surface area (TPSA) is 90.7 Å². The molecule has 1 aromatic heterocycles. The van der Waals surface area contributed by atoms with E-state index in [2.05, 4.69) is 15.0 Å². The Morgan fingerprint density at radius 2 is 2.12 bits per heavy atom. The van der Waals surface area contributed by atoms with E-state index in [0.29, 0.717) is 19.0 Å². The molecule has 2 aromatic rings. The first-order valence-electron chi connectivity index (χ1n) is 7.54. The molecule has 24 heavy (non-hydrogen) atoms. The van der Waals surface area contributed by atoms with Crippen LogP contribution in [0.3, 0.4) is 0 Å². The number of anilines is 1. The van der Waals surface area contributed by atoms with Crippen molar-refractivity contribution in [1.82, 2.24) is 15.4 Å². The van der Waals surface area contributed by atoms with Crippen molar-refractivity contribution in [2.75, 3.05) is 18.0 Å². The number of hydroxylamine groups is 1. The Morgan fingerprint density at radius 3 is 2.88 bits per heavy atom.